The van der Waals surface area contributed by atoms with E-state index in [1.165, 1.54) is 0 Å². The van der Waals surface area contributed by atoms with Crippen LogP contribution in [0.1, 0.15) is 16.7 Å². The van der Waals surface area contributed by atoms with E-state index in [0.717, 1.165) is 5.56 Å². The van der Waals surface area contributed by atoms with Gasteiger partial charge in [0.25, 0.3) is 0 Å². The largest absolute Gasteiger partial charge is 0.495 e. The third-order valence-electron chi connectivity index (χ3n) is 2.92. The van der Waals surface area contributed by atoms with Gasteiger partial charge in [-0.25, -0.2) is 0 Å². The molecule has 2 aromatic rings. The zero-order valence-corrected chi connectivity index (χ0v) is 11.3. The first-order valence-electron chi connectivity index (χ1n) is 6.04. The van der Waals surface area contributed by atoms with E-state index in [9.17, 15) is 5.26 Å². The number of hydrogen-bond acceptors (Lipinski definition) is 4. The van der Waals surface area contributed by atoms with Crippen LogP contribution < -0.4 is 10.1 Å². The maximum Gasteiger partial charge on any atom is 0.143 e. The molecule has 0 radical (unpaired) electrons. The Morgan fingerprint density at radius 1 is 1.05 bits per heavy atom. The molecule has 0 saturated carbocycles. The van der Waals surface area contributed by atoms with Gasteiger partial charge in [-0.1, -0.05) is 12.1 Å². The lowest BCUT2D eigenvalue weighted by Crippen LogP contribution is -1.99. The Hall–Kier alpha value is -2.98. The molecular weight excluding hydrogens is 250 g/mol. The predicted octanol–water partition coefficient (Wildman–Crippen LogP) is 3.49. The highest BCUT2D eigenvalue weighted by Gasteiger charge is 2.11. The third kappa shape index (κ3) is 2.55. The average Bonchev–Trinajstić information content (AvgIpc) is 2.47. The van der Waals surface area contributed by atoms with Gasteiger partial charge in [-0.2, -0.15) is 10.5 Å². The Morgan fingerprint density at radius 2 is 1.80 bits per heavy atom. The van der Waals surface area contributed by atoms with Crippen molar-refractivity contribution in [1.82, 2.24) is 0 Å². The van der Waals surface area contributed by atoms with Crippen LogP contribution in [0.5, 0.6) is 5.75 Å². The number of para-hydroxylation sites is 1. The van der Waals surface area contributed by atoms with Gasteiger partial charge in [0.15, 0.2) is 0 Å². The van der Waals surface area contributed by atoms with Crippen LogP contribution in [-0.2, 0) is 0 Å². The van der Waals surface area contributed by atoms with Crippen molar-refractivity contribution in [3.63, 3.8) is 0 Å². The fraction of sp³-hybridized carbons (Fsp3) is 0.125. The zero-order chi connectivity index (χ0) is 14.5. The van der Waals surface area contributed by atoms with Crippen molar-refractivity contribution in [1.29, 1.82) is 10.5 Å². The van der Waals surface area contributed by atoms with Gasteiger partial charge in [0.05, 0.1) is 29.6 Å². The van der Waals surface area contributed by atoms with Crippen LogP contribution in [0.25, 0.3) is 0 Å². The van der Waals surface area contributed by atoms with E-state index < -0.39 is 0 Å². The van der Waals surface area contributed by atoms with Crippen molar-refractivity contribution in [3.8, 4) is 17.9 Å². The van der Waals surface area contributed by atoms with E-state index in [0.29, 0.717) is 28.3 Å². The smallest absolute Gasteiger partial charge is 0.143 e. The Bertz CT molecular complexity index is 723. The molecular formula is C16H13N3O. The minimum absolute atomic E-state index is 0.467. The number of nitriles is 2. The summed E-state index contributed by atoms with van der Waals surface area (Å²) in [6.45, 7) is 1.94. The van der Waals surface area contributed by atoms with Gasteiger partial charge in [0.1, 0.15) is 17.9 Å². The lowest BCUT2D eigenvalue weighted by Gasteiger charge is -2.14. The molecule has 0 atom stereocenters. The maximum atomic E-state index is 9.19. The number of rotatable bonds is 3. The summed E-state index contributed by atoms with van der Waals surface area (Å²) < 4.78 is 5.27. The lowest BCUT2D eigenvalue weighted by atomic mass is 10.1. The summed E-state index contributed by atoms with van der Waals surface area (Å²) in [6, 6.07) is 15.0. The third-order valence-corrected chi connectivity index (χ3v) is 2.92. The minimum atomic E-state index is 0.467. The average molecular weight is 263 g/mol. The molecule has 4 nitrogen and oxygen atoms in total. The van der Waals surface area contributed by atoms with Gasteiger partial charge in [0, 0.05) is 0 Å². The number of benzene rings is 2. The first-order valence-corrected chi connectivity index (χ1v) is 6.04. The molecule has 0 heterocycles. The molecule has 0 spiro atoms. The SMILES string of the molecule is COc1cccc(C#N)c1Nc1cc(C)ccc1C#N. The number of hydrogen-bond donors (Lipinski definition) is 1. The normalized spacial score (nSPS) is 9.40. The Balaban J connectivity index is 2.53. The molecule has 2 aromatic carbocycles. The van der Waals surface area contributed by atoms with Crippen molar-refractivity contribution in [3.05, 3.63) is 53.1 Å². The van der Waals surface area contributed by atoms with Gasteiger partial charge in [0.2, 0.25) is 0 Å². The fourth-order valence-corrected chi connectivity index (χ4v) is 1.92. The Labute approximate surface area is 117 Å². The second-order valence-corrected chi connectivity index (χ2v) is 4.28. The molecule has 1 N–H and O–H groups in total. The monoisotopic (exact) mass is 263 g/mol. The highest BCUT2D eigenvalue weighted by atomic mass is 16.5. The van der Waals surface area contributed by atoms with E-state index in [4.69, 9.17) is 10.00 Å². The van der Waals surface area contributed by atoms with Crippen LogP contribution in [0.15, 0.2) is 36.4 Å². The van der Waals surface area contributed by atoms with Gasteiger partial charge in [-0.05, 0) is 36.8 Å². The molecule has 2 rings (SSSR count). The number of nitrogens with one attached hydrogen (secondary N) is 1. The molecule has 4 heteroatoms. The molecule has 0 aliphatic rings. The number of aryl methyl sites for hydroxylation is 1. The van der Waals surface area contributed by atoms with E-state index >= 15 is 0 Å². The topological polar surface area (TPSA) is 68.8 Å². The van der Waals surface area contributed by atoms with E-state index in [-0.39, 0.29) is 0 Å². The summed E-state index contributed by atoms with van der Waals surface area (Å²) in [5, 5.41) is 21.5. The predicted molar refractivity (Wildman–Crippen MR) is 76.9 cm³/mol. The standard InChI is InChI=1S/C16H13N3O/c1-11-6-7-12(9-17)14(8-11)19-16-13(10-18)4-3-5-15(16)20-2/h3-8,19H,1-2H3. The van der Waals surface area contributed by atoms with Crippen molar-refractivity contribution in [2.75, 3.05) is 12.4 Å². The van der Waals surface area contributed by atoms with E-state index in [2.05, 4.69) is 17.5 Å². The molecule has 20 heavy (non-hydrogen) atoms. The summed E-state index contributed by atoms with van der Waals surface area (Å²) in [5.41, 5.74) is 3.24. The number of ether oxygens (including phenoxy) is 1. The molecule has 0 saturated heterocycles. The second kappa shape index (κ2) is 5.77. The summed E-state index contributed by atoms with van der Waals surface area (Å²) >= 11 is 0. The maximum absolute atomic E-state index is 9.19. The number of methoxy groups -OCH3 is 1. The molecule has 0 aliphatic carbocycles. The summed E-state index contributed by atoms with van der Waals surface area (Å²) in [7, 11) is 1.54. The summed E-state index contributed by atoms with van der Waals surface area (Å²) in [4.78, 5) is 0. The minimum Gasteiger partial charge on any atom is -0.495 e. The van der Waals surface area contributed by atoms with Crippen LogP contribution >= 0.6 is 0 Å². The first kappa shape index (κ1) is 13.5. The van der Waals surface area contributed by atoms with Crippen molar-refractivity contribution in [2.24, 2.45) is 0 Å². The first-order chi connectivity index (χ1) is 9.69. The molecule has 0 amide bonds. The van der Waals surface area contributed by atoms with E-state index in [1.54, 1.807) is 31.4 Å². The highest BCUT2D eigenvalue weighted by molar-refractivity contribution is 5.75. The van der Waals surface area contributed by atoms with Crippen LogP contribution in [0.4, 0.5) is 11.4 Å². The second-order valence-electron chi connectivity index (χ2n) is 4.28. The molecule has 0 bridgehead atoms. The molecule has 0 fully saturated rings. The molecule has 0 aliphatic heterocycles. The summed E-state index contributed by atoms with van der Waals surface area (Å²) in [6.07, 6.45) is 0. The van der Waals surface area contributed by atoms with Crippen molar-refractivity contribution >= 4 is 11.4 Å². The van der Waals surface area contributed by atoms with Crippen molar-refractivity contribution in [2.45, 2.75) is 6.92 Å². The zero-order valence-electron chi connectivity index (χ0n) is 11.3. The number of nitrogens with zero attached hydrogens (tertiary/aromatic N) is 2. The van der Waals surface area contributed by atoms with Gasteiger partial charge >= 0.3 is 0 Å². The quantitative estimate of drug-likeness (QED) is 0.920. The van der Waals surface area contributed by atoms with Crippen LogP contribution in [0.3, 0.4) is 0 Å². The Kier molecular flexibility index (Phi) is 3.88. The highest BCUT2D eigenvalue weighted by Crippen LogP contribution is 2.32. The number of anilines is 2. The fourth-order valence-electron chi connectivity index (χ4n) is 1.92. The molecule has 0 unspecified atom stereocenters. The Morgan fingerprint density at radius 3 is 2.45 bits per heavy atom. The van der Waals surface area contributed by atoms with Gasteiger partial charge in [-0.15, -0.1) is 0 Å². The van der Waals surface area contributed by atoms with Crippen LogP contribution in [0.2, 0.25) is 0 Å². The molecule has 0 aromatic heterocycles. The molecule has 98 valence electrons. The summed E-state index contributed by atoms with van der Waals surface area (Å²) in [5.74, 6) is 0.564. The van der Waals surface area contributed by atoms with Crippen molar-refractivity contribution < 1.29 is 4.74 Å². The van der Waals surface area contributed by atoms with E-state index in [1.807, 2.05) is 19.1 Å². The van der Waals surface area contributed by atoms with Crippen LogP contribution in [0, 0.1) is 29.6 Å². The van der Waals surface area contributed by atoms with Gasteiger partial charge < -0.3 is 10.1 Å². The van der Waals surface area contributed by atoms with Crippen LogP contribution in [-0.4, -0.2) is 7.11 Å². The van der Waals surface area contributed by atoms with Gasteiger partial charge in [-0.3, -0.25) is 0 Å². The lowest BCUT2D eigenvalue weighted by molar-refractivity contribution is 0.416.